The van der Waals surface area contributed by atoms with Gasteiger partial charge in [0.1, 0.15) is 11.7 Å². The van der Waals surface area contributed by atoms with Gasteiger partial charge in [-0.1, -0.05) is 11.2 Å². The summed E-state index contributed by atoms with van der Waals surface area (Å²) in [6.45, 7) is 3.79. The van der Waals surface area contributed by atoms with E-state index in [1.165, 1.54) is 0 Å². The summed E-state index contributed by atoms with van der Waals surface area (Å²) in [7, 11) is 0. The molecule has 0 fully saturated rings. The van der Waals surface area contributed by atoms with Gasteiger partial charge in [-0.2, -0.15) is 0 Å². The molecule has 8 nitrogen and oxygen atoms in total. The minimum absolute atomic E-state index is 0.154. The number of nitrogens with zero attached hydrogens (tertiary/aromatic N) is 1. The van der Waals surface area contributed by atoms with Crippen molar-refractivity contribution in [1.82, 2.24) is 10.5 Å². The number of aliphatic carboxylic acids is 1. The van der Waals surface area contributed by atoms with Crippen LogP contribution in [0.3, 0.4) is 0 Å². The first-order valence-corrected chi connectivity index (χ1v) is 6.94. The highest BCUT2D eigenvalue weighted by Gasteiger charge is 2.23. The van der Waals surface area contributed by atoms with Crippen molar-refractivity contribution in [3.63, 3.8) is 0 Å². The highest BCUT2D eigenvalue weighted by Crippen LogP contribution is 2.24. The van der Waals surface area contributed by atoms with Crippen LogP contribution in [0.15, 0.2) is 16.7 Å². The summed E-state index contributed by atoms with van der Waals surface area (Å²) < 4.78 is 5.23. The first-order valence-electron chi connectivity index (χ1n) is 6.94. The maximum atomic E-state index is 12.0. The van der Waals surface area contributed by atoms with E-state index in [9.17, 15) is 14.4 Å². The van der Waals surface area contributed by atoms with Crippen LogP contribution < -0.4 is 11.1 Å². The van der Waals surface area contributed by atoms with Crippen molar-refractivity contribution in [2.45, 2.75) is 32.7 Å². The third kappa shape index (κ3) is 3.85. The van der Waals surface area contributed by atoms with Gasteiger partial charge in [-0.15, -0.1) is 0 Å². The fourth-order valence-corrected chi connectivity index (χ4v) is 2.37. The van der Waals surface area contributed by atoms with Crippen molar-refractivity contribution >= 4 is 28.8 Å². The first-order chi connectivity index (χ1) is 10.8. The number of aromatic nitrogens is 1. The van der Waals surface area contributed by atoms with E-state index in [2.05, 4.69) is 10.5 Å². The minimum Gasteiger partial charge on any atom is -0.480 e. The monoisotopic (exact) mass is 319 g/mol. The van der Waals surface area contributed by atoms with E-state index < -0.39 is 30.2 Å². The van der Waals surface area contributed by atoms with E-state index in [4.69, 9.17) is 15.4 Å². The predicted molar refractivity (Wildman–Crippen MR) is 80.6 cm³/mol. The first kappa shape index (κ1) is 16.5. The standard InChI is InChI=1S/C15H17N3O5/c1-7-3-8(2)14-9(4-7)10(18-23-14)6-13(20)17-11(15(21)22)5-12(16)19/h3-4,11H,5-6H2,1-2H3,(H2,16,19)(H,17,20)(H,21,22). The van der Waals surface area contributed by atoms with Crippen LogP contribution in [0.2, 0.25) is 0 Å². The number of amides is 2. The summed E-state index contributed by atoms with van der Waals surface area (Å²) in [5, 5.41) is 15.8. The summed E-state index contributed by atoms with van der Waals surface area (Å²) in [5.74, 6) is -2.71. The molecule has 1 heterocycles. The van der Waals surface area contributed by atoms with Crippen molar-refractivity contribution in [2.75, 3.05) is 0 Å². The van der Waals surface area contributed by atoms with Crippen LogP contribution in [0.5, 0.6) is 0 Å². The third-order valence-corrected chi connectivity index (χ3v) is 3.34. The van der Waals surface area contributed by atoms with Crippen LogP contribution in [0.4, 0.5) is 0 Å². The normalized spacial score (nSPS) is 12.1. The lowest BCUT2D eigenvalue weighted by Crippen LogP contribution is -2.43. The highest BCUT2D eigenvalue weighted by molar-refractivity contribution is 5.91. The number of aryl methyl sites for hydroxylation is 2. The average molecular weight is 319 g/mol. The van der Waals surface area contributed by atoms with Crippen LogP contribution in [0.25, 0.3) is 11.0 Å². The molecule has 2 rings (SSSR count). The Morgan fingerprint density at radius 2 is 2.04 bits per heavy atom. The lowest BCUT2D eigenvalue weighted by Gasteiger charge is -2.12. The Kier molecular flexibility index (Phi) is 4.63. The fourth-order valence-electron chi connectivity index (χ4n) is 2.37. The molecule has 0 saturated heterocycles. The van der Waals surface area contributed by atoms with Crippen LogP contribution in [-0.2, 0) is 20.8 Å². The fraction of sp³-hybridized carbons (Fsp3) is 0.333. The molecule has 0 aliphatic carbocycles. The molecule has 1 aromatic carbocycles. The van der Waals surface area contributed by atoms with Crippen molar-refractivity contribution < 1.29 is 24.0 Å². The molecule has 0 bridgehead atoms. The summed E-state index contributed by atoms with van der Waals surface area (Å²) >= 11 is 0. The number of carbonyl (C=O) groups is 3. The molecule has 1 aromatic heterocycles. The average Bonchev–Trinajstić information content (AvgIpc) is 2.80. The molecular weight excluding hydrogens is 302 g/mol. The lowest BCUT2D eigenvalue weighted by atomic mass is 10.1. The van der Waals surface area contributed by atoms with Gasteiger partial charge in [-0.3, -0.25) is 9.59 Å². The second-order valence-electron chi connectivity index (χ2n) is 5.39. The van der Waals surface area contributed by atoms with Crippen molar-refractivity contribution in [3.8, 4) is 0 Å². The molecule has 0 radical (unpaired) electrons. The molecule has 0 spiro atoms. The topological polar surface area (TPSA) is 136 Å². The predicted octanol–water partition coefficient (Wildman–Crippen LogP) is 0.432. The minimum atomic E-state index is -1.36. The number of nitrogens with two attached hydrogens (primary N) is 1. The number of carbonyl (C=O) groups excluding carboxylic acids is 2. The molecule has 0 aliphatic rings. The number of hydrogen-bond acceptors (Lipinski definition) is 5. The van der Waals surface area contributed by atoms with Gasteiger partial charge in [0.15, 0.2) is 5.58 Å². The number of benzene rings is 1. The number of rotatable bonds is 6. The summed E-state index contributed by atoms with van der Waals surface area (Å²) in [4.78, 5) is 33.9. The summed E-state index contributed by atoms with van der Waals surface area (Å²) in [5.41, 5.74) is 7.86. The van der Waals surface area contributed by atoms with Crippen molar-refractivity contribution in [3.05, 3.63) is 29.0 Å². The Bertz CT molecular complexity index is 781. The Balaban J connectivity index is 2.17. The molecule has 122 valence electrons. The number of carboxylic acids is 1. The van der Waals surface area contributed by atoms with Crippen LogP contribution in [-0.4, -0.2) is 34.1 Å². The molecule has 2 amide bonds. The van der Waals surface area contributed by atoms with Gasteiger partial charge < -0.3 is 20.7 Å². The molecule has 8 heteroatoms. The van der Waals surface area contributed by atoms with Crippen LogP contribution in [0.1, 0.15) is 23.2 Å². The van der Waals surface area contributed by atoms with Gasteiger partial charge >= 0.3 is 5.97 Å². The van der Waals surface area contributed by atoms with Crippen molar-refractivity contribution in [1.29, 1.82) is 0 Å². The number of fused-ring (bicyclic) bond motifs is 1. The number of hydrogen-bond donors (Lipinski definition) is 3. The van der Waals surface area contributed by atoms with Gasteiger partial charge in [0.05, 0.1) is 12.8 Å². The second-order valence-corrected chi connectivity index (χ2v) is 5.39. The van der Waals surface area contributed by atoms with E-state index in [0.717, 1.165) is 11.1 Å². The zero-order valence-corrected chi connectivity index (χ0v) is 12.8. The van der Waals surface area contributed by atoms with Crippen LogP contribution in [0, 0.1) is 13.8 Å². The zero-order valence-electron chi connectivity index (χ0n) is 12.8. The van der Waals surface area contributed by atoms with E-state index in [1.807, 2.05) is 26.0 Å². The Morgan fingerprint density at radius 3 is 2.65 bits per heavy atom. The SMILES string of the molecule is Cc1cc(C)c2onc(CC(=O)NC(CC(N)=O)C(=O)O)c2c1. The Labute approximate surface area is 131 Å². The quantitative estimate of drug-likeness (QED) is 0.706. The molecule has 1 unspecified atom stereocenters. The van der Waals surface area contributed by atoms with E-state index >= 15 is 0 Å². The Hall–Kier alpha value is -2.90. The molecule has 1 atom stereocenters. The van der Waals surface area contributed by atoms with Crippen LogP contribution >= 0.6 is 0 Å². The van der Waals surface area contributed by atoms with Gasteiger partial charge in [0.2, 0.25) is 11.8 Å². The van der Waals surface area contributed by atoms with Gasteiger partial charge in [0, 0.05) is 5.39 Å². The third-order valence-electron chi connectivity index (χ3n) is 3.34. The number of nitrogens with one attached hydrogen (secondary N) is 1. The summed E-state index contributed by atoms with van der Waals surface area (Å²) in [6.07, 6.45) is -0.628. The van der Waals surface area contributed by atoms with E-state index in [0.29, 0.717) is 16.7 Å². The molecule has 0 aliphatic heterocycles. The number of carboxylic acid groups (broad SMARTS) is 1. The maximum absolute atomic E-state index is 12.0. The molecule has 2 aromatic rings. The molecule has 0 saturated carbocycles. The summed E-state index contributed by atoms with van der Waals surface area (Å²) in [6, 6.07) is 2.42. The molecule has 4 N–H and O–H groups in total. The Morgan fingerprint density at radius 1 is 1.35 bits per heavy atom. The van der Waals surface area contributed by atoms with Gasteiger partial charge in [-0.05, 0) is 31.0 Å². The molecule has 23 heavy (non-hydrogen) atoms. The van der Waals surface area contributed by atoms with Gasteiger partial charge in [-0.25, -0.2) is 4.79 Å². The van der Waals surface area contributed by atoms with E-state index in [1.54, 1.807) is 0 Å². The van der Waals surface area contributed by atoms with Gasteiger partial charge in [0.25, 0.3) is 0 Å². The van der Waals surface area contributed by atoms with E-state index in [-0.39, 0.29) is 6.42 Å². The van der Waals surface area contributed by atoms with Crippen molar-refractivity contribution in [2.24, 2.45) is 5.73 Å². The maximum Gasteiger partial charge on any atom is 0.326 e. The highest BCUT2D eigenvalue weighted by atomic mass is 16.5. The largest absolute Gasteiger partial charge is 0.480 e. The lowest BCUT2D eigenvalue weighted by molar-refractivity contribution is -0.143. The smallest absolute Gasteiger partial charge is 0.326 e. The molecular formula is C15H17N3O5. The number of primary amides is 1. The second kappa shape index (κ2) is 6.47. The zero-order chi connectivity index (χ0) is 17.1.